The van der Waals surface area contributed by atoms with Crippen molar-refractivity contribution in [3.63, 3.8) is 0 Å². The lowest BCUT2D eigenvalue weighted by molar-refractivity contribution is -0.00185. The third-order valence-corrected chi connectivity index (χ3v) is 3.62. The first-order valence-corrected chi connectivity index (χ1v) is 6.58. The Bertz CT molecular complexity index is 457. The van der Waals surface area contributed by atoms with Gasteiger partial charge in [0.05, 0.1) is 5.92 Å². The molecule has 20 heavy (non-hydrogen) atoms. The van der Waals surface area contributed by atoms with Crippen LogP contribution in [0.5, 0.6) is 0 Å². The molecule has 0 bridgehead atoms. The third kappa shape index (κ3) is 2.65. The molecule has 2 unspecified atom stereocenters. The Balaban J connectivity index is 2.18. The molecule has 3 atom stereocenters. The normalized spacial score (nSPS) is 31.1. The van der Waals surface area contributed by atoms with E-state index in [0.717, 1.165) is 4.90 Å². The van der Waals surface area contributed by atoms with Crippen molar-refractivity contribution in [2.75, 3.05) is 6.54 Å². The maximum absolute atomic E-state index is 13.7. The number of halogens is 2. The van der Waals surface area contributed by atoms with Gasteiger partial charge in [0.25, 0.3) is 5.92 Å². The fourth-order valence-corrected chi connectivity index (χ4v) is 2.73. The van der Waals surface area contributed by atoms with Crippen molar-refractivity contribution >= 4 is 6.09 Å². The van der Waals surface area contributed by atoms with Crippen LogP contribution in [0.25, 0.3) is 10.4 Å². The van der Waals surface area contributed by atoms with E-state index in [-0.39, 0.29) is 6.54 Å². The van der Waals surface area contributed by atoms with E-state index in [2.05, 4.69) is 10.0 Å². The lowest BCUT2D eigenvalue weighted by Gasteiger charge is -2.35. The number of piperidine rings is 1. The number of ether oxygens (including phenoxy) is 1. The number of amides is 1. The predicted octanol–water partition coefficient (Wildman–Crippen LogP) is 3.33. The van der Waals surface area contributed by atoms with Crippen molar-refractivity contribution < 1.29 is 18.3 Å². The molecule has 1 aliphatic carbocycles. The second-order valence-corrected chi connectivity index (χ2v) is 6.26. The first-order chi connectivity index (χ1) is 9.18. The minimum atomic E-state index is -2.86. The summed E-state index contributed by atoms with van der Waals surface area (Å²) in [5.74, 6) is -3.65. The van der Waals surface area contributed by atoms with Crippen molar-refractivity contribution in [1.29, 1.82) is 0 Å². The summed E-state index contributed by atoms with van der Waals surface area (Å²) in [6, 6.07) is -1.64. The highest BCUT2D eigenvalue weighted by molar-refractivity contribution is 5.70. The Morgan fingerprint density at radius 3 is 2.70 bits per heavy atom. The predicted molar refractivity (Wildman–Crippen MR) is 67.3 cm³/mol. The van der Waals surface area contributed by atoms with E-state index in [4.69, 9.17) is 10.3 Å². The highest BCUT2D eigenvalue weighted by Gasteiger charge is 2.74. The molecule has 0 N–H and O–H groups in total. The van der Waals surface area contributed by atoms with Crippen LogP contribution >= 0.6 is 0 Å². The molecule has 1 aliphatic heterocycles. The second kappa shape index (κ2) is 4.77. The van der Waals surface area contributed by atoms with E-state index in [1.807, 2.05) is 0 Å². The largest absolute Gasteiger partial charge is 0.444 e. The van der Waals surface area contributed by atoms with Crippen molar-refractivity contribution in [3.05, 3.63) is 10.4 Å². The van der Waals surface area contributed by atoms with E-state index in [0.29, 0.717) is 12.8 Å². The molecule has 2 fully saturated rings. The fraction of sp³-hybridized carbons (Fsp3) is 0.917. The summed E-state index contributed by atoms with van der Waals surface area (Å²) in [6.07, 6.45) is -0.0278. The van der Waals surface area contributed by atoms with Crippen LogP contribution in [0.4, 0.5) is 13.6 Å². The minimum Gasteiger partial charge on any atom is -0.444 e. The van der Waals surface area contributed by atoms with Crippen LogP contribution in [0.2, 0.25) is 0 Å². The Kier molecular flexibility index (Phi) is 3.54. The average Bonchev–Trinajstić information content (AvgIpc) is 2.86. The summed E-state index contributed by atoms with van der Waals surface area (Å²) < 4.78 is 32.6. The summed E-state index contributed by atoms with van der Waals surface area (Å²) in [5.41, 5.74) is 7.61. The molecule has 2 rings (SSSR count). The van der Waals surface area contributed by atoms with Gasteiger partial charge in [0, 0.05) is 17.5 Å². The van der Waals surface area contributed by atoms with Crippen molar-refractivity contribution in [2.45, 2.75) is 57.2 Å². The average molecular weight is 288 g/mol. The molecule has 2 aliphatic rings. The number of nitrogens with zero attached hydrogens (tertiary/aromatic N) is 4. The molecule has 0 spiro atoms. The first-order valence-electron chi connectivity index (χ1n) is 6.58. The van der Waals surface area contributed by atoms with Gasteiger partial charge in [-0.25, -0.2) is 13.6 Å². The number of fused-ring (bicyclic) bond motifs is 1. The standard InChI is InChI=1S/C12H18F2N4O2/c1-11(2,3)20-10(19)18-7(6-16-17-15)4-5-8-9(18)12(8,13)14/h7-9H,4-6H2,1-3H3/t7-,8?,9?/m0/s1. The van der Waals surface area contributed by atoms with Crippen LogP contribution in [-0.4, -0.2) is 41.1 Å². The highest BCUT2D eigenvalue weighted by atomic mass is 19.3. The first kappa shape index (κ1) is 14.8. The number of azide groups is 1. The summed E-state index contributed by atoms with van der Waals surface area (Å²) in [5, 5.41) is 3.41. The van der Waals surface area contributed by atoms with Crippen LogP contribution in [0.3, 0.4) is 0 Å². The van der Waals surface area contributed by atoms with Crippen LogP contribution in [0, 0.1) is 5.92 Å². The molecular weight excluding hydrogens is 270 g/mol. The number of alkyl halides is 2. The molecule has 112 valence electrons. The maximum Gasteiger partial charge on any atom is 0.411 e. The number of hydrogen-bond acceptors (Lipinski definition) is 3. The van der Waals surface area contributed by atoms with Crippen LogP contribution in [-0.2, 0) is 4.74 Å². The van der Waals surface area contributed by atoms with E-state index in [1.165, 1.54) is 0 Å². The van der Waals surface area contributed by atoms with Crippen LogP contribution < -0.4 is 0 Å². The lowest BCUT2D eigenvalue weighted by atomic mass is 10.0. The van der Waals surface area contributed by atoms with Crippen molar-refractivity contribution in [1.82, 2.24) is 4.90 Å². The molecule has 0 radical (unpaired) electrons. The zero-order valence-corrected chi connectivity index (χ0v) is 11.7. The van der Waals surface area contributed by atoms with Gasteiger partial charge in [-0.05, 0) is 39.1 Å². The fourth-order valence-electron chi connectivity index (χ4n) is 2.73. The Morgan fingerprint density at radius 1 is 1.50 bits per heavy atom. The van der Waals surface area contributed by atoms with E-state index in [1.54, 1.807) is 20.8 Å². The zero-order valence-electron chi connectivity index (χ0n) is 11.7. The summed E-state index contributed by atoms with van der Waals surface area (Å²) in [7, 11) is 0. The number of carbonyl (C=O) groups excluding carboxylic acids is 1. The molecule has 0 aromatic rings. The van der Waals surface area contributed by atoms with Gasteiger partial charge in [0.15, 0.2) is 0 Å². The quantitative estimate of drug-likeness (QED) is 0.444. The number of likely N-dealkylation sites (tertiary alicyclic amines) is 1. The van der Waals surface area contributed by atoms with Gasteiger partial charge >= 0.3 is 6.09 Å². The highest BCUT2D eigenvalue weighted by Crippen LogP contribution is 2.58. The second-order valence-electron chi connectivity index (χ2n) is 6.26. The Hall–Kier alpha value is -1.56. The van der Waals surface area contributed by atoms with E-state index < -0.39 is 35.6 Å². The zero-order chi connectivity index (χ0) is 15.1. The van der Waals surface area contributed by atoms with E-state index in [9.17, 15) is 13.6 Å². The van der Waals surface area contributed by atoms with Crippen molar-refractivity contribution in [2.24, 2.45) is 11.0 Å². The van der Waals surface area contributed by atoms with Gasteiger partial charge < -0.3 is 4.74 Å². The molecule has 8 heteroatoms. The molecule has 0 aromatic carbocycles. The van der Waals surface area contributed by atoms with Gasteiger partial charge in [-0.1, -0.05) is 5.11 Å². The SMILES string of the molecule is CC(C)(C)OC(=O)N1C2C(CC[C@H]1CN=[N+]=[N-])C2(F)F. The number of hydrogen-bond donors (Lipinski definition) is 0. The number of carbonyl (C=O) groups is 1. The Labute approximate surface area is 115 Å². The van der Waals surface area contributed by atoms with Crippen molar-refractivity contribution in [3.8, 4) is 0 Å². The summed E-state index contributed by atoms with van der Waals surface area (Å²) in [4.78, 5) is 15.9. The maximum atomic E-state index is 13.7. The van der Waals surface area contributed by atoms with Gasteiger partial charge in [-0.15, -0.1) is 0 Å². The van der Waals surface area contributed by atoms with Gasteiger partial charge in [0.1, 0.15) is 11.6 Å². The van der Waals surface area contributed by atoms with Gasteiger partial charge in [-0.2, -0.15) is 0 Å². The number of rotatable bonds is 2. The topological polar surface area (TPSA) is 78.3 Å². The lowest BCUT2D eigenvalue weighted by Crippen LogP contribution is -2.49. The molecule has 1 heterocycles. The van der Waals surface area contributed by atoms with Crippen LogP contribution in [0.1, 0.15) is 33.6 Å². The molecule has 0 aromatic heterocycles. The van der Waals surface area contributed by atoms with Crippen LogP contribution in [0.15, 0.2) is 5.11 Å². The minimum absolute atomic E-state index is 0.00492. The Morgan fingerprint density at radius 2 is 2.15 bits per heavy atom. The molecule has 6 nitrogen and oxygen atoms in total. The molecular formula is C12H18F2N4O2. The molecule has 1 saturated carbocycles. The molecule has 1 amide bonds. The molecule has 1 saturated heterocycles. The van der Waals surface area contributed by atoms with Gasteiger partial charge in [-0.3, -0.25) is 4.90 Å². The summed E-state index contributed by atoms with van der Waals surface area (Å²) >= 11 is 0. The monoisotopic (exact) mass is 288 g/mol. The smallest absolute Gasteiger partial charge is 0.411 e. The summed E-state index contributed by atoms with van der Waals surface area (Å²) in [6.45, 7) is 5.04. The third-order valence-electron chi connectivity index (χ3n) is 3.62. The van der Waals surface area contributed by atoms with E-state index >= 15 is 0 Å². The van der Waals surface area contributed by atoms with Gasteiger partial charge in [0.2, 0.25) is 0 Å².